The van der Waals surface area contributed by atoms with Crippen molar-refractivity contribution in [2.24, 2.45) is 0 Å². The summed E-state index contributed by atoms with van der Waals surface area (Å²) in [5, 5.41) is 0. The Morgan fingerprint density at radius 3 is 2.29 bits per heavy atom. The van der Waals surface area contributed by atoms with Gasteiger partial charge >= 0.3 is 0 Å². The Kier molecular flexibility index (Phi) is 1.14. The van der Waals surface area contributed by atoms with Crippen molar-refractivity contribution in [3.63, 3.8) is 0 Å². The molecule has 0 heteroatoms. The van der Waals surface area contributed by atoms with Crippen molar-refractivity contribution in [3.05, 3.63) is 30.0 Å². The molecule has 0 bridgehead atoms. The fourth-order valence-electron chi connectivity index (χ4n) is 0.573. The van der Waals surface area contributed by atoms with Gasteiger partial charge in [0.1, 0.15) is 0 Å². The highest BCUT2D eigenvalue weighted by molar-refractivity contribution is 5.11. The fraction of sp³-hybridized carbons (Fsp3) is 0.286. The van der Waals surface area contributed by atoms with E-state index in [1.807, 2.05) is 12.2 Å². The van der Waals surface area contributed by atoms with Crippen LogP contribution in [0.15, 0.2) is 30.0 Å². The van der Waals surface area contributed by atoms with E-state index in [0.29, 0.717) is 0 Å². The third kappa shape index (κ3) is 1.06. The van der Waals surface area contributed by atoms with Crippen LogP contribution < -0.4 is 0 Å². The average Bonchev–Trinajstić information content (AvgIpc) is 1.69. The Hall–Kier alpha value is -0.740. The maximum Gasteiger partial charge on any atom is -0.00621 e. The van der Waals surface area contributed by atoms with Gasteiger partial charge in [-0.15, -0.1) is 5.73 Å². The predicted molar refractivity (Wildman–Crippen MR) is 31.0 cm³/mol. The van der Waals surface area contributed by atoms with Gasteiger partial charge in [-0.05, 0) is 25.0 Å². The summed E-state index contributed by atoms with van der Waals surface area (Å²) in [5.74, 6) is 0. The molecular weight excluding hydrogens is 84.1 g/mol. The van der Waals surface area contributed by atoms with Crippen molar-refractivity contribution < 1.29 is 0 Å². The third-order valence-electron chi connectivity index (χ3n) is 1.02. The second-order valence-corrected chi connectivity index (χ2v) is 1.73. The van der Waals surface area contributed by atoms with Gasteiger partial charge in [0.25, 0.3) is 0 Å². The monoisotopic (exact) mass is 92.1 g/mol. The predicted octanol–water partition coefficient (Wildman–Crippen LogP) is 2.05. The van der Waals surface area contributed by atoms with Gasteiger partial charge in [-0.1, -0.05) is 12.2 Å². The van der Waals surface area contributed by atoms with Crippen LogP contribution in [0.25, 0.3) is 0 Å². The molecular formula is C7H8. The highest BCUT2D eigenvalue weighted by Gasteiger charge is 1.88. The average molecular weight is 92.1 g/mol. The topological polar surface area (TPSA) is 0 Å². The smallest absolute Gasteiger partial charge is 0.00621 e. The summed E-state index contributed by atoms with van der Waals surface area (Å²) in [4.78, 5) is 0. The van der Waals surface area contributed by atoms with Crippen molar-refractivity contribution >= 4 is 0 Å². The first-order chi connectivity index (χ1) is 3.39. The van der Waals surface area contributed by atoms with Gasteiger partial charge in [-0.25, -0.2) is 0 Å². The van der Waals surface area contributed by atoms with E-state index in [1.165, 1.54) is 5.57 Å². The van der Waals surface area contributed by atoms with Gasteiger partial charge in [-0.2, -0.15) is 0 Å². The van der Waals surface area contributed by atoms with Crippen LogP contribution in [0.4, 0.5) is 0 Å². The minimum atomic E-state index is 1.02. The summed E-state index contributed by atoms with van der Waals surface area (Å²) in [5.41, 5.74) is 4.29. The zero-order valence-electron chi connectivity index (χ0n) is 4.28. The van der Waals surface area contributed by atoms with Crippen LogP contribution in [0, 0.1) is 0 Å². The molecule has 0 unspecified atom stereocenters. The second-order valence-electron chi connectivity index (χ2n) is 1.73. The van der Waals surface area contributed by atoms with Gasteiger partial charge in [0.15, 0.2) is 0 Å². The van der Waals surface area contributed by atoms with E-state index >= 15 is 0 Å². The van der Waals surface area contributed by atoms with E-state index in [2.05, 4.69) is 12.3 Å². The van der Waals surface area contributed by atoms with Crippen molar-refractivity contribution in [1.82, 2.24) is 0 Å². The molecule has 0 heterocycles. The van der Waals surface area contributed by atoms with Gasteiger partial charge in [-0.3, -0.25) is 0 Å². The van der Waals surface area contributed by atoms with Crippen LogP contribution in [-0.2, 0) is 0 Å². The second kappa shape index (κ2) is 1.81. The van der Waals surface area contributed by atoms with Crippen molar-refractivity contribution in [2.45, 2.75) is 12.8 Å². The number of allylic oxidation sites excluding steroid dienone is 2. The molecule has 0 N–H and O–H groups in total. The zero-order chi connectivity index (χ0) is 5.11. The summed E-state index contributed by atoms with van der Waals surface area (Å²) >= 11 is 0. The zero-order valence-corrected chi connectivity index (χ0v) is 4.28. The third-order valence-corrected chi connectivity index (χ3v) is 1.02. The van der Waals surface area contributed by atoms with E-state index in [-0.39, 0.29) is 0 Å². The summed E-state index contributed by atoms with van der Waals surface area (Å²) in [7, 11) is 0. The Bertz CT molecular complexity index is 122. The molecule has 0 aliphatic heterocycles. The molecule has 0 aromatic heterocycles. The number of hydrogen-bond donors (Lipinski definition) is 0. The van der Waals surface area contributed by atoms with E-state index in [9.17, 15) is 0 Å². The largest absolute Gasteiger partial charge is 0.129 e. The van der Waals surface area contributed by atoms with Gasteiger partial charge in [0, 0.05) is 0 Å². The Balaban J connectivity index is 2.66. The van der Waals surface area contributed by atoms with Crippen molar-refractivity contribution in [2.75, 3.05) is 0 Å². The van der Waals surface area contributed by atoms with Gasteiger partial charge in [0.2, 0.25) is 0 Å². The first kappa shape index (κ1) is 4.42. The lowest BCUT2D eigenvalue weighted by atomic mass is 10.1. The fourth-order valence-corrected chi connectivity index (χ4v) is 0.573. The quantitative estimate of drug-likeness (QED) is 0.317. The molecule has 7 heavy (non-hydrogen) atoms. The normalized spacial score (nSPS) is 18.0. The lowest BCUT2D eigenvalue weighted by molar-refractivity contribution is 1.10. The summed E-state index contributed by atoms with van der Waals surface area (Å²) in [6.45, 7) is 3.81. The van der Waals surface area contributed by atoms with Crippen LogP contribution in [0.1, 0.15) is 12.8 Å². The molecule has 0 fully saturated rings. The highest BCUT2D eigenvalue weighted by Crippen LogP contribution is 2.07. The van der Waals surface area contributed by atoms with Crippen LogP contribution in [-0.4, -0.2) is 0 Å². The standard InChI is InChI=1S/C7H8/c1-7-5-3-2-4-6-7/h3-4H,1,5-6H2. The molecule has 0 saturated heterocycles. The Morgan fingerprint density at radius 2 is 2.00 bits per heavy atom. The van der Waals surface area contributed by atoms with Crippen molar-refractivity contribution in [3.8, 4) is 0 Å². The van der Waals surface area contributed by atoms with Crippen LogP contribution in [0.2, 0.25) is 0 Å². The number of rotatable bonds is 0. The summed E-state index contributed by atoms with van der Waals surface area (Å²) in [6.07, 6.45) is 6.06. The van der Waals surface area contributed by atoms with E-state index in [4.69, 9.17) is 0 Å². The SMILES string of the molecule is C=C1CC=C=CC1. The molecule has 36 valence electrons. The maximum atomic E-state index is 3.81. The van der Waals surface area contributed by atoms with Crippen LogP contribution in [0.5, 0.6) is 0 Å². The van der Waals surface area contributed by atoms with Crippen molar-refractivity contribution in [1.29, 1.82) is 0 Å². The molecule has 1 aliphatic rings. The first-order valence-electron chi connectivity index (χ1n) is 2.45. The van der Waals surface area contributed by atoms with Crippen LogP contribution >= 0.6 is 0 Å². The summed E-state index contributed by atoms with van der Waals surface area (Å²) < 4.78 is 0. The molecule has 0 radical (unpaired) electrons. The minimum absolute atomic E-state index is 1.02. The first-order valence-corrected chi connectivity index (χ1v) is 2.45. The Labute approximate surface area is 43.9 Å². The molecule has 0 atom stereocenters. The lowest BCUT2D eigenvalue weighted by Gasteiger charge is -1.96. The maximum absolute atomic E-state index is 3.81. The molecule has 0 aromatic rings. The van der Waals surface area contributed by atoms with Gasteiger partial charge in [0.05, 0.1) is 0 Å². The van der Waals surface area contributed by atoms with E-state index in [0.717, 1.165) is 12.8 Å². The molecule has 0 aromatic carbocycles. The number of hydrogen-bond acceptors (Lipinski definition) is 0. The molecule has 0 nitrogen and oxygen atoms in total. The van der Waals surface area contributed by atoms with E-state index in [1.54, 1.807) is 0 Å². The molecule has 1 rings (SSSR count). The highest BCUT2D eigenvalue weighted by atomic mass is 13.9. The minimum Gasteiger partial charge on any atom is -0.129 e. The van der Waals surface area contributed by atoms with Gasteiger partial charge < -0.3 is 0 Å². The van der Waals surface area contributed by atoms with Crippen LogP contribution in [0.3, 0.4) is 0 Å². The Morgan fingerprint density at radius 1 is 1.43 bits per heavy atom. The molecule has 0 saturated carbocycles. The lowest BCUT2D eigenvalue weighted by Crippen LogP contribution is -1.77. The molecule has 0 spiro atoms. The summed E-state index contributed by atoms with van der Waals surface area (Å²) in [6, 6.07) is 0. The molecule has 0 amide bonds. The van der Waals surface area contributed by atoms with E-state index < -0.39 is 0 Å². The molecule has 1 aliphatic carbocycles.